The number of hydrogen-bond donors (Lipinski definition) is 2. The van der Waals surface area contributed by atoms with Crippen LogP contribution in [0.5, 0.6) is 0 Å². The monoisotopic (exact) mass is 390 g/mol. The van der Waals surface area contributed by atoms with Crippen molar-refractivity contribution in [2.75, 3.05) is 7.11 Å². The standard InChI is InChI=1S/C21H30N2O5/c1-15(22-20(26)28-21(2,3)4)19(25)23-17(13-14-18(24)27-5)12-11-16-9-7-6-8-10-16/h6-10,13-15,17H,11-12H2,1-5H3,(H,22,26)(H,23,25)/t15-,17-/m0/s1. The van der Waals surface area contributed by atoms with Crippen LogP contribution in [0.3, 0.4) is 0 Å². The van der Waals surface area contributed by atoms with Gasteiger partial charge in [0.1, 0.15) is 11.6 Å². The number of carbonyl (C=O) groups is 3. The van der Waals surface area contributed by atoms with E-state index in [-0.39, 0.29) is 5.91 Å². The Labute approximate surface area is 166 Å². The lowest BCUT2D eigenvalue weighted by Crippen LogP contribution is -2.48. The Balaban J connectivity index is 2.69. The average molecular weight is 390 g/mol. The van der Waals surface area contributed by atoms with Gasteiger partial charge < -0.3 is 20.1 Å². The van der Waals surface area contributed by atoms with Crippen molar-refractivity contribution in [3.05, 3.63) is 48.0 Å². The Morgan fingerprint density at radius 1 is 1.11 bits per heavy atom. The molecule has 0 bridgehead atoms. The lowest BCUT2D eigenvalue weighted by molar-refractivity contribution is -0.135. The number of ether oxygens (including phenoxy) is 2. The zero-order valence-electron chi connectivity index (χ0n) is 17.2. The summed E-state index contributed by atoms with van der Waals surface area (Å²) in [7, 11) is 1.29. The molecule has 0 spiro atoms. The lowest BCUT2D eigenvalue weighted by atomic mass is 10.0. The fraction of sp³-hybridized carbons (Fsp3) is 0.476. The molecule has 1 rings (SSSR count). The molecular weight excluding hydrogens is 360 g/mol. The van der Waals surface area contributed by atoms with Gasteiger partial charge in [-0.3, -0.25) is 4.79 Å². The van der Waals surface area contributed by atoms with Crippen LogP contribution in [0.1, 0.15) is 39.7 Å². The summed E-state index contributed by atoms with van der Waals surface area (Å²) in [4.78, 5) is 35.7. The van der Waals surface area contributed by atoms with E-state index in [9.17, 15) is 14.4 Å². The van der Waals surface area contributed by atoms with Crippen LogP contribution in [0.2, 0.25) is 0 Å². The Hall–Kier alpha value is -2.83. The second-order valence-electron chi connectivity index (χ2n) is 7.39. The van der Waals surface area contributed by atoms with Gasteiger partial charge in [-0.15, -0.1) is 0 Å². The number of esters is 1. The summed E-state index contributed by atoms with van der Waals surface area (Å²) in [6.07, 6.45) is 3.50. The molecule has 0 aromatic heterocycles. The molecular formula is C21H30N2O5. The molecule has 7 heteroatoms. The molecule has 2 atom stereocenters. The van der Waals surface area contributed by atoms with Gasteiger partial charge in [0.25, 0.3) is 0 Å². The van der Waals surface area contributed by atoms with E-state index in [4.69, 9.17) is 4.74 Å². The van der Waals surface area contributed by atoms with Gasteiger partial charge in [0.05, 0.1) is 7.11 Å². The number of hydrogen-bond acceptors (Lipinski definition) is 5. The number of alkyl carbamates (subject to hydrolysis) is 1. The molecule has 28 heavy (non-hydrogen) atoms. The molecule has 0 unspecified atom stereocenters. The minimum Gasteiger partial charge on any atom is -0.466 e. The normalized spacial score (nSPS) is 13.5. The van der Waals surface area contributed by atoms with E-state index in [0.717, 1.165) is 5.56 Å². The van der Waals surface area contributed by atoms with Crippen LogP contribution in [-0.2, 0) is 25.5 Å². The van der Waals surface area contributed by atoms with Crippen molar-refractivity contribution in [1.29, 1.82) is 0 Å². The van der Waals surface area contributed by atoms with Crippen LogP contribution in [-0.4, -0.2) is 42.8 Å². The predicted molar refractivity (Wildman–Crippen MR) is 107 cm³/mol. The molecule has 0 aliphatic rings. The van der Waals surface area contributed by atoms with Gasteiger partial charge in [-0.05, 0) is 46.1 Å². The SMILES string of the molecule is COC(=O)C=C[C@H](CCc1ccccc1)NC(=O)[C@H](C)NC(=O)OC(C)(C)C. The van der Waals surface area contributed by atoms with Crippen LogP contribution in [0.25, 0.3) is 0 Å². The molecule has 7 nitrogen and oxygen atoms in total. The van der Waals surface area contributed by atoms with Gasteiger partial charge in [0, 0.05) is 12.1 Å². The first-order valence-electron chi connectivity index (χ1n) is 9.20. The van der Waals surface area contributed by atoms with E-state index < -0.39 is 29.7 Å². The van der Waals surface area contributed by atoms with Crippen molar-refractivity contribution in [2.24, 2.45) is 0 Å². The molecule has 0 aliphatic carbocycles. The zero-order chi connectivity index (χ0) is 21.2. The highest BCUT2D eigenvalue weighted by Gasteiger charge is 2.22. The largest absolute Gasteiger partial charge is 0.466 e. The van der Waals surface area contributed by atoms with Gasteiger partial charge in [-0.25, -0.2) is 9.59 Å². The van der Waals surface area contributed by atoms with Gasteiger partial charge in [0.15, 0.2) is 0 Å². The van der Waals surface area contributed by atoms with Crippen molar-refractivity contribution in [2.45, 2.75) is 58.2 Å². The second kappa shape index (κ2) is 11.1. The molecule has 2 N–H and O–H groups in total. The summed E-state index contributed by atoms with van der Waals surface area (Å²) in [6, 6.07) is 8.63. The lowest BCUT2D eigenvalue weighted by Gasteiger charge is -2.23. The number of amides is 2. The van der Waals surface area contributed by atoms with Crippen LogP contribution in [0.15, 0.2) is 42.5 Å². The summed E-state index contributed by atoms with van der Waals surface area (Å²) in [5.74, 6) is -0.877. The topological polar surface area (TPSA) is 93.7 Å². The van der Waals surface area contributed by atoms with E-state index >= 15 is 0 Å². The highest BCUT2D eigenvalue weighted by molar-refractivity contribution is 5.86. The van der Waals surface area contributed by atoms with E-state index in [1.54, 1.807) is 33.8 Å². The smallest absolute Gasteiger partial charge is 0.408 e. The Kier molecular flexibility index (Phi) is 9.21. The van der Waals surface area contributed by atoms with Crippen LogP contribution in [0, 0.1) is 0 Å². The third-order valence-electron chi connectivity index (χ3n) is 3.71. The van der Waals surface area contributed by atoms with E-state index in [0.29, 0.717) is 12.8 Å². The van der Waals surface area contributed by atoms with Gasteiger partial charge in [-0.1, -0.05) is 36.4 Å². The Morgan fingerprint density at radius 3 is 2.32 bits per heavy atom. The van der Waals surface area contributed by atoms with E-state index in [1.807, 2.05) is 30.3 Å². The summed E-state index contributed by atoms with van der Waals surface area (Å²) >= 11 is 0. The average Bonchev–Trinajstić information content (AvgIpc) is 2.62. The number of methoxy groups -OCH3 is 1. The minimum absolute atomic E-state index is 0.376. The molecule has 154 valence electrons. The molecule has 2 amide bonds. The van der Waals surface area contributed by atoms with Gasteiger partial charge in [-0.2, -0.15) is 0 Å². The maximum absolute atomic E-state index is 12.4. The summed E-state index contributed by atoms with van der Waals surface area (Å²) in [5, 5.41) is 5.33. The van der Waals surface area contributed by atoms with E-state index in [1.165, 1.54) is 13.2 Å². The first-order valence-corrected chi connectivity index (χ1v) is 9.20. The fourth-order valence-corrected chi connectivity index (χ4v) is 2.30. The van der Waals surface area contributed by atoms with Crippen LogP contribution >= 0.6 is 0 Å². The molecule has 0 radical (unpaired) electrons. The third-order valence-corrected chi connectivity index (χ3v) is 3.71. The zero-order valence-corrected chi connectivity index (χ0v) is 17.2. The van der Waals surface area contributed by atoms with Gasteiger partial charge >= 0.3 is 12.1 Å². The predicted octanol–water partition coefficient (Wildman–Crippen LogP) is 2.75. The van der Waals surface area contributed by atoms with Crippen molar-refractivity contribution in [3.63, 3.8) is 0 Å². The molecule has 0 saturated carbocycles. The molecule has 1 aromatic rings. The third kappa shape index (κ3) is 9.75. The maximum Gasteiger partial charge on any atom is 0.408 e. The minimum atomic E-state index is -0.791. The first-order chi connectivity index (χ1) is 13.1. The maximum atomic E-state index is 12.4. The quantitative estimate of drug-likeness (QED) is 0.526. The van der Waals surface area contributed by atoms with Crippen LogP contribution < -0.4 is 10.6 Å². The summed E-state index contributed by atoms with van der Waals surface area (Å²) < 4.78 is 9.76. The number of benzene rings is 1. The number of nitrogens with one attached hydrogen (secondary N) is 2. The summed E-state index contributed by atoms with van der Waals surface area (Å²) in [6.45, 7) is 6.80. The highest BCUT2D eigenvalue weighted by Crippen LogP contribution is 2.08. The second-order valence-corrected chi connectivity index (χ2v) is 7.39. The van der Waals surface area contributed by atoms with Crippen molar-refractivity contribution in [3.8, 4) is 0 Å². The number of aryl methyl sites for hydroxylation is 1. The van der Waals surface area contributed by atoms with Crippen molar-refractivity contribution in [1.82, 2.24) is 10.6 Å². The number of carbonyl (C=O) groups excluding carboxylic acids is 3. The number of rotatable bonds is 8. The van der Waals surface area contributed by atoms with Crippen molar-refractivity contribution < 1.29 is 23.9 Å². The van der Waals surface area contributed by atoms with Crippen LogP contribution in [0.4, 0.5) is 4.79 Å². The molecule has 0 heterocycles. The summed E-state index contributed by atoms with van der Waals surface area (Å²) in [5.41, 5.74) is 0.468. The Bertz CT molecular complexity index is 680. The first kappa shape index (κ1) is 23.2. The fourth-order valence-electron chi connectivity index (χ4n) is 2.30. The molecule has 1 aromatic carbocycles. The molecule has 0 saturated heterocycles. The van der Waals surface area contributed by atoms with E-state index in [2.05, 4.69) is 15.4 Å². The van der Waals surface area contributed by atoms with Gasteiger partial charge in [0.2, 0.25) is 5.91 Å². The molecule has 0 fully saturated rings. The Morgan fingerprint density at radius 2 is 1.75 bits per heavy atom. The molecule has 0 aliphatic heterocycles. The van der Waals surface area contributed by atoms with Crippen molar-refractivity contribution >= 4 is 18.0 Å². The highest BCUT2D eigenvalue weighted by atomic mass is 16.6.